The van der Waals surface area contributed by atoms with E-state index in [0.29, 0.717) is 13.1 Å². The number of carbonyl (C=O) groups excluding carboxylic acids is 2. The number of likely N-dealkylation sites (tertiary alicyclic amines) is 1. The Labute approximate surface area is 125 Å². The SMILES string of the molecule is CC(C)(C)OC(=O)N1CC(C(N)=O)C(c2ccccc2)C1. The summed E-state index contributed by atoms with van der Waals surface area (Å²) in [5.41, 5.74) is 5.97. The average Bonchev–Trinajstić information content (AvgIpc) is 2.83. The molecule has 0 bridgehead atoms. The molecule has 2 amide bonds. The maximum absolute atomic E-state index is 12.2. The molecular formula is C16H22N2O3. The van der Waals surface area contributed by atoms with Gasteiger partial charge in [-0.05, 0) is 26.3 Å². The van der Waals surface area contributed by atoms with E-state index < -0.39 is 11.7 Å². The largest absolute Gasteiger partial charge is 0.444 e. The highest BCUT2D eigenvalue weighted by Gasteiger charge is 2.40. The summed E-state index contributed by atoms with van der Waals surface area (Å²) in [5, 5.41) is 0. The van der Waals surface area contributed by atoms with Gasteiger partial charge in [-0.2, -0.15) is 0 Å². The van der Waals surface area contributed by atoms with Crippen molar-refractivity contribution in [1.29, 1.82) is 0 Å². The molecule has 0 aromatic heterocycles. The second-order valence-corrected chi connectivity index (χ2v) is 6.41. The van der Waals surface area contributed by atoms with E-state index in [4.69, 9.17) is 10.5 Å². The second-order valence-electron chi connectivity index (χ2n) is 6.41. The van der Waals surface area contributed by atoms with Crippen molar-refractivity contribution in [3.8, 4) is 0 Å². The molecule has 0 spiro atoms. The van der Waals surface area contributed by atoms with Crippen molar-refractivity contribution in [3.05, 3.63) is 35.9 Å². The molecule has 1 aliphatic heterocycles. The minimum absolute atomic E-state index is 0.0729. The molecule has 5 heteroatoms. The molecule has 1 aromatic rings. The van der Waals surface area contributed by atoms with Gasteiger partial charge in [-0.3, -0.25) is 4.79 Å². The third kappa shape index (κ3) is 3.74. The Morgan fingerprint density at radius 3 is 2.33 bits per heavy atom. The maximum atomic E-state index is 12.2. The van der Waals surface area contributed by atoms with Gasteiger partial charge in [0.2, 0.25) is 5.91 Å². The van der Waals surface area contributed by atoms with Crippen LogP contribution in [0.3, 0.4) is 0 Å². The lowest BCUT2D eigenvalue weighted by atomic mass is 9.89. The lowest BCUT2D eigenvalue weighted by Gasteiger charge is -2.24. The third-order valence-corrected chi connectivity index (χ3v) is 3.56. The van der Waals surface area contributed by atoms with E-state index >= 15 is 0 Å². The molecule has 0 saturated carbocycles. The molecule has 21 heavy (non-hydrogen) atoms. The maximum Gasteiger partial charge on any atom is 0.410 e. The summed E-state index contributed by atoms with van der Waals surface area (Å²) in [5.74, 6) is -0.828. The van der Waals surface area contributed by atoms with Gasteiger partial charge in [0.05, 0.1) is 5.92 Å². The van der Waals surface area contributed by atoms with Crippen molar-refractivity contribution >= 4 is 12.0 Å². The van der Waals surface area contributed by atoms with Crippen LogP contribution in [-0.4, -0.2) is 35.6 Å². The van der Waals surface area contributed by atoms with Crippen molar-refractivity contribution in [2.24, 2.45) is 11.7 Å². The molecule has 1 aromatic carbocycles. The van der Waals surface area contributed by atoms with E-state index in [2.05, 4.69) is 0 Å². The quantitative estimate of drug-likeness (QED) is 0.906. The number of rotatable bonds is 2. The summed E-state index contributed by atoms with van der Waals surface area (Å²) in [6.45, 7) is 6.22. The number of carbonyl (C=O) groups is 2. The van der Waals surface area contributed by atoms with Gasteiger partial charge in [-0.25, -0.2) is 4.79 Å². The smallest absolute Gasteiger partial charge is 0.410 e. The molecule has 1 aliphatic rings. The molecule has 1 heterocycles. The zero-order valence-electron chi connectivity index (χ0n) is 12.7. The molecule has 5 nitrogen and oxygen atoms in total. The molecule has 2 N–H and O–H groups in total. The second kappa shape index (κ2) is 5.76. The molecule has 2 rings (SSSR count). The predicted octanol–water partition coefficient (Wildman–Crippen LogP) is 2.12. The Balaban J connectivity index is 2.16. The van der Waals surface area contributed by atoms with E-state index in [9.17, 15) is 9.59 Å². The first-order chi connectivity index (χ1) is 9.78. The monoisotopic (exact) mass is 290 g/mol. The van der Waals surface area contributed by atoms with Gasteiger partial charge in [0.15, 0.2) is 0 Å². The summed E-state index contributed by atoms with van der Waals surface area (Å²) < 4.78 is 5.37. The Morgan fingerprint density at radius 1 is 1.19 bits per heavy atom. The van der Waals surface area contributed by atoms with E-state index in [1.54, 1.807) is 4.90 Å². The minimum atomic E-state index is -0.551. The number of hydrogen-bond acceptors (Lipinski definition) is 3. The van der Waals surface area contributed by atoms with Crippen molar-refractivity contribution in [2.75, 3.05) is 13.1 Å². The first-order valence-corrected chi connectivity index (χ1v) is 7.10. The number of hydrogen-bond donors (Lipinski definition) is 1. The molecular weight excluding hydrogens is 268 g/mol. The standard InChI is InChI=1S/C16H22N2O3/c1-16(2,3)21-15(20)18-9-12(13(10-18)14(17)19)11-7-5-4-6-8-11/h4-8,12-13H,9-10H2,1-3H3,(H2,17,19). The highest BCUT2D eigenvalue weighted by Crippen LogP contribution is 2.33. The van der Waals surface area contributed by atoms with E-state index in [1.165, 1.54) is 0 Å². The summed E-state index contributed by atoms with van der Waals surface area (Å²) >= 11 is 0. The summed E-state index contributed by atoms with van der Waals surface area (Å²) in [6, 6.07) is 9.68. The molecule has 0 aliphatic carbocycles. The molecule has 1 saturated heterocycles. The summed E-state index contributed by atoms with van der Waals surface area (Å²) in [6.07, 6.45) is -0.396. The van der Waals surface area contributed by atoms with Crippen molar-refractivity contribution < 1.29 is 14.3 Å². The number of nitrogens with two attached hydrogens (primary N) is 1. The fourth-order valence-electron chi connectivity index (χ4n) is 2.61. The van der Waals surface area contributed by atoms with Crippen LogP contribution in [0, 0.1) is 5.92 Å². The first-order valence-electron chi connectivity index (χ1n) is 7.10. The van der Waals surface area contributed by atoms with Gasteiger partial charge in [-0.15, -0.1) is 0 Å². The van der Waals surface area contributed by atoms with Crippen molar-refractivity contribution in [2.45, 2.75) is 32.3 Å². The highest BCUT2D eigenvalue weighted by molar-refractivity contribution is 5.80. The molecule has 114 valence electrons. The number of benzene rings is 1. The number of nitrogens with zero attached hydrogens (tertiary/aromatic N) is 1. The van der Waals surface area contributed by atoms with Crippen LogP contribution in [0.25, 0.3) is 0 Å². The molecule has 1 fully saturated rings. The van der Waals surface area contributed by atoms with Gasteiger partial charge in [0.1, 0.15) is 5.60 Å². The number of ether oxygens (including phenoxy) is 1. The van der Waals surface area contributed by atoms with Gasteiger partial charge in [-0.1, -0.05) is 30.3 Å². The fraction of sp³-hybridized carbons (Fsp3) is 0.500. The van der Waals surface area contributed by atoms with Gasteiger partial charge < -0.3 is 15.4 Å². The highest BCUT2D eigenvalue weighted by atomic mass is 16.6. The molecule has 0 radical (unpaired) electrons. The first kappa shape index (κ1) is 15.4. The van der Waals surface area contributed by atoms with Crippen molar-refractivity contribution in [3.63, 3.8) is 0 Å². The van der Waals surface area contributed by atoms with Crippen LogP contribution < -0.4 is 5.73 Å². The molecule has 2 unspecified atom stereocenters. The zero-order chi connectivity index (χ0) is 15.6. The fourth-order valence-corrected chi connectivity index (χ4v) is 2.61. The summed E-state index contributed by atoms with van der Waals surface area (Å²) in [7, 11) is 0. The van der Waals surface area contributed by atoms with Crippen molar-refractivity contribution in [1.82, 2.24) is 4.90 Å². The Hall–Kier alpha value is -2.04. The Bertz CT molecular complexity index is 522. The Morgan fingerprint density at radius 2 is 1.81 bits per heavy atom. The van der Waals surface area contributed by atoms with E-state index in [-0.39, 0.29) is 17.7 Å². The normalized spacial score (nSPS) is 22.1. The van der Waals surface area contributed by atoms with Crippen LogP contribution in [0.2, 0.25) is 0 Å². The van der Waals surface area contributed by atoms with E-state index in [0.717, 1.165) is 5.56 Å². The van der Waals surface area contributed by atoms with Gasteiger partial charge in [0.25, 0.3) is 0 Å². The zero-order valence-corrected chi connectivity index (χ0v) is 12.7. The third-order valence-electron chi connectivity index (χ3n) is 3.56. The van der Waals surface area contributed by atoms with Crippen LogP contribution in [0.5, 0.6) is 0 Å². The predicted molar refractivity (Wildman–Crippen MR) is 79.7 cm³/mol. The van der Waals surface area contributed by atoms with Gasteiger partial charge >= 0.3 is 6.09 Å². The number of amides is 2. The van der Waals surface area contributed by atoms with Crippen LogP contribution in [0.15, 0.2) is 30.3 Å². The topological polar surface area (TPSA) is 72.6 Å². The lowest BCUT2D eigenvalue weighted by Crippen LogP contribution is -2.36. The van der Waals surface area contributed by atoms with E-state index in [1.807, 2.05) is 51.1 Å². The Kier molecular flexibility index (Phi) is 4.21. The average molecular weight is 290 g/mol. The van der Waals surface area contributed by atoms with Crippen LogP contribution in [-0.2, 0) is 9.53 Å². The summed E-state index contributed by atoms with van der Waals surface area (Å²) in [4.78, 5) is 25.4. The van der Waals surface area contributed by atoms with Crippen LogP contribution in [0.1, 0.15) is 32.3 Å². The molecule has 2 atom stereocenters. The minimum Gasteiger partial charge on any atom is -0.444 e. The number of primary amides is 1. The van der Waals surface area contributed by atoms with Gasteiger partial charge in [0, 0.05) is 19.0 Å². The van der Waals surface area contributed by atoms with Crippen LogP contribution >= 0.6 is 0 Å². The lowest BCUT2D eigenvalue weighted by molar-refractivity contribution is -0.121. The van der Waals surface area contributed by atoms with Crippen LogP contribution in [0.4, 0.5) is 4.79 Å².